The van der Waals surface area contributed by atoms with E-state index in [4.69, 9.17) is 11.6 Å². The maximum absolute atomic E-state index is 11.3. The summed E-state index contributed by atoms with van der Waals surface area (Å²) in [7, 11) is 1.32. The Kier molecular flexibility index (Phi) is 3.85. The van der Waals surface area contributed by atoms with Crippen LogP contribution >= 0.6 is 23.8 Å². The van der Waals surface area contributed by atoms with Gasteiger partial charge >= 0.3 is 5.97 Å². The van der Waals surface area contributed by atoms with Crippen molar-refractivity contribution in [3.63, 3.8) is 0 Å². The van der Waals surface area contributed by atoms with Gasteiger partial charge in [0.25, 0.3) is 0 Å². The van der Waals surface area contributed by atoms with Crippen molar-refractivity contribution in [2.75, 3.05) is 12.4 Å². The highest BCUT2D eigenvalue weighted by Gasteiger charge is 2.10. The first-order chi connectivity index (χ1) is 6.65. The fraction of sp³-hybridized carbons (Fsp3) is 0.111. The highest BCUT2D eigenvalue weighted by molar-refractivity contribution is 7.83. The molecule has 14 heavy (non-hydrogen) atoms. The topological polar surface area (TPSA) is 38.3 Å². The van der Waals surface area contributed by atoms with Crippen molar-refractivity contribution in [3.05, 3.63) is 29.8 Å². The van der Waals surface area contributed by atoms with E-state index in [0.717, 1.165) is 0 Å². The molecule has 0 aromatic heterocycles. The zero-order chi connectivity index (χ0) is 10.6. The molecule has 1 aromatic rings. The third-order valence-electron chi connectivity index (χ3n) is 1.57. The summed E-state index contributed by atoms with van der Waals surface area (Å²) in [5, 5.41) is 2.68. The van der Waals surface area contributed by atoms with Gasteiger partial charge in [0, 0.05) is 0 Å². The van der Waals surface area contributed by atoms with Crippen molar-refractivity contribution in [3.8, 4) is 0 Å². The number of methoxy groups -OCH3 is 1. The van der Waals surface area contributed by atoms with E-state index < -0.39 is 5.97 Å². The Morgan fingerprint density at radius 1 is 1.50 bits per heavy atom. The van der Waals surface area contributed by atoms with E-state index in [1.807, 2.05) is 0 Å². The van der Waals surface area contributed by atoms with Gasteiger partial charge in [0.15, 0.2) is 4.45 Å². The normalized spacial score (nSPS) is 9.29. The molecule has 1 N–H and O–H groups in total. The number of rotatable bonds is 2. The molecule has 0 saturated carbocycles. The molecule has 0 aliphatic heterocycles. The van der Waals surface area contributed by atoms with Crippen molar-refractivity contribution in [1.29, 1.82) is 0 Å². The first kappa shape index (κ1) is 10.9. The lowest BCUT2D eigenvalue weighted by Gasteiger charge is -2.07. The van der Waals surface area contributed by atoms with E-state index in [9.17, 15) is 4.79 Å². The molecule has 0 amide bonds. The number of benzene rings is 1. The summed E-state index contributed by atoms with van der Waals surface area (Å²) in [6.45, 7) is 0. The highest BCUT2D eigenvalue weighted by Crippen LogP contribution is 2.16. The molecule has 74 valence electrons. The SMILES string of the molecule is COC(=O)c1ccccc1NC(=S)Cl. The number of nitrogens with one attached hydrogen (secondary N) is 1. The number of anilines is 1. The Bertz CT molecular complexity index is 368. The van der Waals surface area contributed by atoms with E-state index >= 15 is 0 Å². The monoisotopic (exact) mass is 229 g/mol. The molecule has 0 atom stereocenters. The second-order valence-electron chi connectivity index (χ2n) is 2.44. The van der Waals surface area contributed by atoms with Crippen LogP contribution in [0.3, 0.4) is 0 Å². The van der Waals surface area contributed by atoms with Crippen LogP contribution in [0.4, 0.5) is 5.69 Å². The number of halogens is 1. The summed E-state index contributed by atoms with van der Waals surface area (Å²) in [5.74, 6) is -0.430. The van der Waals surface area contributed by atoms with Crippen molar-refractivity contribution in [1.82, 2.24) is 0 Å². The van der Waals surface area contributed by atoms with Crippen LogP contribution in [0.5, 0.6) is 0 Å². The minimum atomic E-state index is -0.430. The molecule has 5 heteroatoms. The molecule has 0 fully saturated rings. The van der Waals surface area contributed by atoms with E-state index in [1.54, 1.807) is 24.3 Å². The molecule has 0 aliphatic carbocycles. The van der Waals surface area contributed by atoms with Gasteiger partial charge in [0.1, 0.15) is 0 Å². The van der Waals surface area contributed by atoms with Crippen molar-refractivity contribution in [2.24, 2.45) is 0 Å². The largest absolute Gasteiger partial charge is 0.465 e. The molecule has 1 rings (SSSR count). The molecule has 1 aromatic carbocycles. The fourth-order valence-corrected chi connectivity index (χ4v) is 1.20. The fourth-order valence-electron chi connectivity index (χ4n) is 0.986. The molecule has 0 saturated heterocycles. The summed E-state index contributed by atoms with van der Waals surface area (Å²) in [5.41, 5.74) is 0.942. The summed E-state index contributed by atoms with van der Waals surface area (Å²) >= 11 is 10.2. The quantitative estimate of drug-likeness (QED) is 0.366. The molecule has 3 nitrogen and oxygen atoms in total. The molecule has 0 aliphatic rings. The predicted molar refractivity (Wildman–Crippen MR) is 59.9 cm³/mol. The Labute approximate surface area is 92.0 Å². The standard InChI is InChI=1S/C9H8ClNO2S/c1-13-8(12)6-4-2-3-5-7(6)11-9(10)14/h2-5H,1H3,(H,11,14). The van der Waals surface area contributed by atoms with Crippen LogP contribution in [-0.2, 0) is 4.74 Å². The van der Waals surface area contributed by atoms with Gasteiger partial charge in [0.05, 0.1) is 18.4 Å². The molecular formula is C9H8ClNO2S. The molecule has 0 heterocycles. The Balaban J connectivity index is 3.02. The van der Waals surface area contributed by atoms with E-state index in [2.05, 4.69) is 22.3 Å². The van der Waals surface area contributed by atoms with Crippen molar-refractivity contribution in [2.45, 2.75) is 0 Å². The van der Waals surface area contributed by atoms with Crippen LogP contribution in [0.1, 0.15) is 10.4 Å². The minimum Gasteiger partial charge on any atom is -0.465 e. The van der Waals surface area contributed by atoms with E-state index in [1.165, 1.54) is 7.11 Å². The summed E-state index contributed by atoms with van der Waals surface area (Å²) in [6.07, 6.45) is 0. The number of thiocarbonyl (C=S) groups is 1. The van der Waals surface area contributed by atoms with E-state index in [0.29, 0.717) is 11.3 Å². The van der Waals surface area contributed by atoms with Crippen LogP contribution < -0.4 is 5.32 Å². The van der Waals surface area contributed by atoms with Crippen molar-refractivity contribution < 1.29 is 9.53 Å². The Hall–Kier alpha value is -1.13. The van der Waals surface area contributed by atoms with Gasteiger partial charge in [-0.2, -0.15) is 0 Å². The highest BCUT2D eigenvalue weighted by atomic mass is 35.5. The molecule has 0 radical (unpaired) electrons. The summed E-state index contributed by atoms with van der Waals surface area (Å²) < 4.78 is 4.68. The van der Waals surface area contributed by atoms with Crippen LogP contribution in [0, 0.1) is 0 Å². The summed E-state index contributed by atoms with van der Waals surface area (Å²) in [4.78, 5) is 11.3. The first-order valence-electron chi connectivity index (χ1n) is 3.79. The lowest BCUT2D eigenvalue weighted by Crippen LogP contribution is -2.09. The van der Waals surface area contributed by atoms with Crippen LogP contribution in [-0.4, -0.2) is 17.5 Å². The molecule has 0 bridgehead atoms. The van der Waals surface area contributed by atoms with Gasteiger partial charge in [-0.15, -0.1) is 0 Å². The average Bonchev–Trinajstić information content (AvgIpc) is 2.16. The third-order valence-corrected chi connectivity index (χ3v) is 1.76. The second-order valence-corrected chi connectivity index (χ2v) is 3.45. The molecule has 0 unspecified atom stereocenters. The maximum atomic E-state index is 11.3. The van der Waals surface area contributed by atoms with Gasteiger partial charge in [-0.1, -0.05) is 23.7 Å². The number of esters is 1. The lowest BCUT2D eigenvalue weighted by molar-refractivity contribution is 0.0602. The number of ether oxygens (including phenoxy) is 1. The van der Waals surface area contributed by atoms with Crippen LogP contribution in [0.2, 0.25) is 0 Å². The second kappa shape index (κ2) is 4.93. The molecule has 0 spiro atoms. The Morgan fingerprint density at radius 2 is 2.14 bits per heavy atom. The minimum absolute atomic E-state index is 0.0846. The van der Waals surface area contributed by atoms with Crippen LogP contribution in [0.15, 0.2) is 24.3 Å². The number of carbonyl (C=O) groups is 1. The zero-order valence-electron chi connectivity index (χ0n) is 7.41. The van der Waals surface area contributed by atoms with Crippen molar-refractivity contribution >= 4 is 39.9 Å². The average molecular weight is 230 g/mol. The van der Waals surface area contributed by atoms with Gasteiger partial charge in [-0.05, 0) is 24.4 Å². The zero-order valence-corrected chi connectivity index (χ0v) is 8.98. The smallest absolute Gasteiger partial charge is 0.339 e. The first-order valence-corrected chi connectivity index (χ1v) is 4.57. The maximum Gasteiger partial charge on any atom is 0.339 e. The van der Waals surface area contributed by atoms with Crippen LogP contribution in [0.25, 0.3) is 0 Å². The molecular weight excluding hydrogens is 222 g/mol. The summed E-state index contributed by atoms with van der Waals surface area (Å²) in [6, 6.07) is 6.82. The van der Waals surface area contributed by atoms with Gasteiger partial charge in [-0.3, -0.25) is 0 Å². The third kappa shape index (κ3) is 2.68. The van der Waals surface area contributed by atoms with Gasteiger partial charge in [-0.25, -0.2) is 4.79 Å². The number of hydrogen-bond donors (Lipinski definition) is 1. The van der Waals surface area contributed by atoms with Gasteiger partial charge < -0.3 is 10.1 Å². The predicted octanol–water partition coefficient (Wildman–Crippen LogP) is 2.41. The number of carbonyl (C=O) groups excluding carboxylic acids is 1. The lowest BCUT2D eigenvalue weighted by atomic mass is 10.2. The number of para-hydroxylation sites is 1. The van der Waals surface area contributed by atoms with Gasteiger partial charge in [0.2, 0.25) is 0 Å². The Morgan fingerprint density at radius 3 is 2.71 bits per heavy atom. The van der Waals surface area contributed by atoms with E-state index in [-0.39, 0.29) is 4.45 Å². The number of hydrogen-bond acceptors (Lipinski definition) is 3.